The van der Waals surface area contributed by atoms with Crippen molar-refractivity contribution in [2.24, 2.45) is 0 Å². The first-order chi connectivity index (χ1) is 11.1. The molecule has 0 saturated carbocycles. The molecule has 0 aromatic heterocycles. The average molecular weight is 377 g/mol. The summed E-state index contributed by atoms with van der Waals surface area (Å²) in [4.78, 5) is 12.0. The second kappa shape index (κ2) is 6.91. The van der Waals surface area contributed by atoms with Crippen LogP contribution in [0.15, 0.2) is 40.9 Å². The lowest BCUT2D eigenvalue weighted by atomic mass is 10.2. The molecule has 3 rings (SSSR count). The van der Waals surface area contributed by atoms with Crippen LogP contribution in [0.1, 0.15) is 12.0 Å². The Labute approximate surface area is 143 Å². The highest BCUT2D eigenvalue weighted by Gasteiger charge is 2.14. The second-order valence-corrected chi connectivity index (χ2v) is 6.11. The van der Waals surface area contributed by atoms with Crippen LogP contribution in [0, 0.1) is 6.92 Å². The smallest absolute Gasteiger partial charge is 0.231 e. The van der Waals surface area contributed by atoms with Crippen LogP contribution < -0.4 is 20.1 Å². The minimum atomic E-state index is -0.0507. The molecule has 6 heteroatoms. The minimum absolute atomic E-state index is 0.0507. The van der Waals surface area contributed by atoms with E-state index < -0.39 is 0 Å². The zero-order valence-electron chi connectivity index (χ0n) is 12.7. The summed E-state index contributed by atoms with van der Waals surface area (Å²) in [6.45, 7) is 2.82. The van der Waals surface area contributed by atoms with Gasteiger partial charge in [-0.15, -0.1) is 0 Å². The first-order valence-corrected chi connectivity index (χ1v) is 8.10. The van der Waals surface area contributed by atoms with Crippen molar-refractivity contribution in [2.75, 3.05) is 24.0 Å². The summed E-state index contributed by atoms with van der Waals surface area (Å²) in [5, 5.41) is 6.10. The number of carbonyl (C=O) groups excluding carboxylic acids is 1. The minimum Gasteiger partial charge on any atom is -0.454 e. The van der Waals surface area contributed by atoms with Crippen molar-refractivity contribution in [1.29, 1.82) is 0 Å². The van der Waals surface area contributed by atoms with Crippen molar-refractivity contribution >= 4 is 33.2 Å². The third kappa shape index (κ3) is 3.96. The number of ether oxygens (including phenoxy) is 2. The molecule has 1 amide bonds. The predicted octanol–water partition coefficient (Wildman–Crippen LogP) is 3.93. The van der Waals surface area contributed by atoms with Crippen LogP contribution >= 0.6 is 15.9 Å². The van der Waals surface area contributed by atoms with E-state index in [-0.39, 0.29) is 12.7 Å². The molecule has 2 N–H and O–H groups in total. The Kier molecular flexibility index (Phi) is 4.71. The molecule has 120 valence electrons. The van der Waals surface area contributed by atoms with Crippen LogP contribution in [0.5, 0.6) is 11.5 Å². The van der Waals surface area contributed by atoms with E-state index in [1.165, 1.54) is 0 Å². The van der Waals surface area contributed by atoms with Gasteiger partial charge in [0.1, 0.15) is 0 Å². The van der Waals surface area contributed by atoms with E-state index in [9.17, 15) is 4.79 Å². The van der Waals surface area contributed by atoms with E-state index in [0.29, 0.717) is 30.2 Å². The molecule has 2 aromatic rings. The topological polar surface area (TPSA) is 59.6 Å². The van der Waals surface area contributed by atoms with Crippen LogP contribution in [0.2, 0.25) is 0 Å². The van der Waals surface area contributed by atoms with E-state index in [2.05, 4.69) is 26.6 Å². The highest BCUT2D eigenvalue weighted by atomic mass is 79.9. The van der Waals surface area contributed by atoms with Gasteiger partial charge in [0.15, 0.2) is 11.5 Å². The number of amides is 1. The fourth-order valence-electron chi connectivity index (χ4n) is 2.27. The van der Waals surface area contributed by atoms with Gasteiger partial charge in [0, 0.05) is 34.9 Å². The van der Waals surface area contributed by atoms with Crippen molar-refractivity contribution in [3.8, 4) is 11.5 Å². The van der Waals surface area contributed by atoms with Crippen molar-refractivity contribution in [3.63, 3.8) is 0 Å². The lowest BCUT2D eigenvalue weighted by Gasteiger charge is -2.09. The van der Waals surface area contributed by atoms with E-state index in [0.717, 1.165) is 15.7 Å². The molecule has 0 spiro atoms. The molecule has 5 nitrogen and oxygen atoms in total. The quantitative estimate of drug-likeness (QED) is 0.829. The van der Waals surface area contributed by atoms with Gasteiger partial charge in [0.2, 0.25) is 12.7 Å². The zero-order chi connectivity index (χ0) is 16.2. The van der Waals surface area contributed by atoms with Gasteiger partial charge in [-0.05, 0) is 42.8 Å². The SMILES string of the molecule is Cc1cc(NCCC(=O)Nc2ccc3c(c2)OCO3)ccc1Br. The van der Waals surface area contributed by atoms with Gasteiger partial charge in [-0.3, -0.25) is 4.79 Å². The summed E-state index contributed by atoms with van der Waals surface area (Å²) in [6.07, 6.45) is 0.379. The lowest BCUT2D eigenvalue weighted by molar-refractivity contribution is -0.115. The van der Waals surface area contributed by atoms with Gasteiger partial charge in [0.05, 0.1) is 0 Å². The van der Waals surface area contributed by atoms with E-state index in [4.69, 9.17) is 9.47 Å². The molecule has 2 aromatic carbocycles. The van der Waals surface area contributed by atoms with Gasteiger partial charge in [-0.25, -0.2) is 0 Å². The Morgan fingerprint density at radius 2 is 1.91 bits per heavy atom. The summed E-state index contributed by atoms with van der Waals surface area (Å²) in [6, 6.07) is 11.4. The fourth-order valence-corrected chi connectivity index (χ4v) is 2.52. The molecule has 0 radical (unpaired) electrons. The molecule has 0 fully saturated rings. The maximum absolute atomic E-state index is 12.0. The molecule has 0 unspecified atom stereocenters. The van der Waals surface area contributed by atoms with Crippen molar-refractivity contribution in [2.45, 2.75) is 13.3 Å². The molecule has 1 aliphatic rings. The monoisotopic (exact) mass is 376 g/mol. The summed E-state index contributed by atoms with van der Waals surface area (Å²) < 4.78 is 11.6. The van der Waals surface area contributed by atoms with Crippen molar-refractivity contribution < 1.29 is 14.3 Å². The maximum atomic E-state index is 12.0. The first-order valence-electron chi connectivity index (χ1n) is 7.31. The summed E-state index contributed by atoms with van der Waals surface area (Å²) in [5.74, 6) is 1.31. The average Bonchev–Trinajstić information content (AvgIpc) is 2.98. The first kappa shape index (κ1) is 15.7. The Bertz CT molecular complexity index is 734. The number of benzene rings is 2. The third-order valence-electron chi connectivity index (χ3n) is 3.50. The Balaban J connectivity index is 1.49. The Morgan fingerprint density at radius 3 is 2.74 bits per heavy atom. The number of fused-ring (bicyclic) bond motifs is 1. The number of nitrogens with one attached hydrogen (secondary N) is 2. The van der Waals surface area contributed by atoms with Crippen LogP contribution in [-0.4, -0.2) is 19.2 Å². The number of hydrogen-bond donors (Lipinski definition) is 2. The van der Waals surface area contributed by atoms with E-state index in [1.807, 2.05) is 25.1 Å². The molecular weight excluding hydrogens is 360 g/mol. The van der Waals surface area contributed by atoms with Gasteiger partial charge >= 0.3 is 0 Å². The molecule has 1 aliphatic heterocycles. The standard InChI is InChI=1S/C17H17BrN2O3/c1-11-8-12(2-4-14(11)18)19-7-6-17(21)20-13-3-5-15-16(9-13)23-10-22-15/h2-5,8-9,19H,6-7,10H2,1H3,(H,20,21). The molecule has 0 saturated heterocycles. The van der Waals surface area contributed by atoms with Gasteiger partial charge in [-0.2, -0.15) is 0 Å². The number of halogens is 1. The Hall–Kier alpha value is -2.21. The molecule has 0 atom stereocenters. The van der Waals surface area contributed by atoms with E-state index >= 15 is 0 Å². The highest BCUT2D eigenvalue weighted by molar-refractivity contribution is 9.10. The predicted molar refractivity (Wildman–Crippen MR) is 93.2 cm³/mol. The van der Waals surface area contributed by atoms with Gasteiger partial charge in [0.25, 0.3) is 0 Å². The lowest BCUT2D eigenvalue weighted by Crippen LogP contribution is -2.16. The van der Waals surface area contributed by atoms with Crippen LogP contribution in [0.25, 0.3) is 0 Å². The molecule has 23 heavy (non-hydrogen) atoms. The third-order valence-corrected chi connectivity index (χ3v) is 4.39. The number of rotatable bonds is 5. The van der Waals surface area contributed by atoms with E-state index in [1.54, 1.807) is 18.2 Å². The van der Waals surface area contributed by atoms with Crippen LogP contribution in [0.4, 0.5) is 11.4 Å². The maximum Gasteiger partial charge on any atom is 0.231 e. The number of aryl methyl sites for hydroxylation is 1. The molecular formula is C17H17BrN2O3. The van der Waals surface area contributed by atoms with Crippen molar-refractivity contribution in [3.05, 3.63) is 46.4 Å². The number of anilines is 2. The van der Waals surface area contributed by atoms with Crippen molar-refractivity contribution in [1.82, 2.24) is 0 Å². The summed E-state index contributed by atoms with van der Waals surface area (Å²) in [5.41, 5.74) is 2.86. The molecule has 1 heterocycles. The second-order valence-electron chi connectivity index (χ2n) is 5.26. The molecule has 0 bridgehead atoms. The normalized spacial score (nSPS) is 12.1. The van der Waals surface area contributed by atoms with Gasteiger partial charge in [-0.1, -0.05) is 15.9 Å². The number of carbonyl (C=O) groups is 1. The summed E-state index contributed by atoms with van der Waals surface area (Å²) >= 11 is 3.47. The van der Waals surface area contributed by atoms with Crippen LogP contribution in [0.3, 0.4) is 0 Å². The number of hydrogen-bond acceptors (Lipinski definition) is 4. The Morgan fingerprint density at radius 1 is 1.13 bits per heavy atom. The molecule has 0 aliphatic carbocycles. The summed E-state index contributed by atoms with van der Waals surface area (Å²) in [7, 11) is 0. The zero-order valence-corrected chi connectivity index (χ0v) is 14.3. The largest absolute Gasteiger partial charge is 0.454 e. The highest BCUT2D eigenvalue weighted by Crippen LogP contribution is 2.34. The van der Waals surface area contributed by atoms with Crippen LogP contribution in [-0.2, 0) is 4.79 Å². The van der Waals surface area contributed by atoms with Gasteiger partial charge < -0.3 is 20.1 Å². The fraction of sp³-hybridized carbons (Fsp3) is 0.235.